The summed E-state index contributed by atoms with van der Waals surface area (Å²) in [6, 6.07) is 11.1. The van der Waals surface area contributed by atoms with E-state index in [0.29, 0.717) is 21.4 Å². The maximum Gasteiger partial charge on any atom is 0.255 e. The molecule has 0 aromatic heterocycles. The number of anilines is 1. The first kappa shape index (κ1) is 14.8. The molecule has 2 aromatic carbocycles. The van der Waals surface area contributed by atoms with E-state index in [1.807, 2.05) is 29.5 Å². The molecule has 0 fully saturated rings. The Kier molecular flexibility index (Phi) is 4.94. The van der Waals surface area contributed by atoms with Crippen molar-refractivity contribution in [1.29, 1.82) is 0 Å². The first-order valence-corrected chi connectivity index (χ1v) is 7.17. The lowest BCUT2D eigenvalue weighted by Gasteiger charge is -2.08. The number of carbonyl (C=O) groups excluding carboxylic acids is 1. The SMILES string of the molecule is CCOc1ccc(C(=O)Nc2ccc(F)cc2I)cc1. The van der Waals surface area contributed by atoms with Gasteiger partial charge >= 0.3 is 0 Å². The van der Waals surface area contributed by atoms with Gasteiger partial charge in [-0.15, -0.1) is 0 Å². The van der Waals surface area contributed by atoms with Gasteiger partial charge in [0.05, 0.1) is 12.3 Å². The highest BCUT2D eigenvalue weighted by Gasteiger charge is 2.09. The van der Waals surface area contributed by atoms with Crippen LogP contribution in [0.15, 0.2) is 42.5 Å². The molecule has 5 heteroatoms. The molecule has 0 bridgehead atoms. The van der Waals surface area contributed by atoms with E-state index in [0.717, 1.165) is 5.75 Å². The number of carbonyl (C=O) groups is 1. The maximum absolute atomic E-state index is 13.0. The van der Waals surface area contributed by atoms with Crippen LogP contribution in [-0.2, 0) is 0 Å². The Bertz CT molecular complexity index is 614. The van der Waals surface area contributed by atoms with Gasteiger partial charge < -0.3 is 10.1 Å². The molecule has 2 aromatic rings. The summed E-state index contributed by atoms with van der Waals surface area (Å²) in [5.41, 5.74) is 1.11. The molecule has 20 heavy (non-hydrogen) atoms. The normalized spacial score (nSPS) is 10.2. The average molecular weight is 385 g/mol. The number of ether oxygens (including phenoxy) is 1. The standard InChI is InChI=1S/C15H13FINO2/c1-2-20-12-6-3-10(4-7-12)15(19)18-14-8-5-11(16)9-13(14)17/h3-9H,2H2,1H3,(H,18,19). The zero-order valence-corrected chi connectivity index (χ0v) is 13.0. The van der Waals surface area contributed by atoms with Gasteiger partial charge in [0.1, 0.15) is 11.6 Å². The predicted octanol–water partition coefficient (Wildman–Crippen LogP) is 4.08. The number of rotatable bonds is 4. The predicted molar refractivity (Wildman–Crippen MR) is 84.7 cm³/mol. The average Bonchev–Trinajstić information content (AvgIpc) is 2.43. The van der Waals surface area contributed by atoms with Gasteiger partial charge in [0.25, 0.3) is 5.91 Å². The van der Waals surface area contributed by atoms with Crippen molar-refractivity contribution in [3.63, 3.8) is 0 Å². The van der Waals surface area contributed by atoms with Gasteiger partial charge in [-0.3, -0.25) is 4.79 Å². The number of benzene rings is 2. The summed E-state index contributed by atoms with van der Waals surface area (Å²) >= 11 is 1.98. The van der Waals surface area contributed by atoms with Crippen LogP contribution in [0.1, 0.15) is 17.3 Å². The third-order valence-corrected chi connectivity index (χ3v) is 3.50. The molecule has 104 valence electrons. The zero-order valence-electron chi connectivity index (χ0n) is 10.8. The number of hydrogen-bond acceptors (Lipinski definition) is 2. The highest BCUT2D eigenvalue weighted by molar-refractivity contribution is 14.1. The lowest BCUT2D eigenvalue weighted by molar-refractivity contribution is 0.102. The van der Waals surface area contributed by atoms with Gasteiger partial charge in [-0.2, -0.15) is 0 Å². The first-order chi connectivity index (χ1) is 9.60. The molecule has 1 amide bonds. The topological polar surface area (TPSA) is 38.3 Å². The van der Waals surface area contributed by atoms with Gasteiger partial charge in [-0.1, -0.05) is 0 Å². The molecular weight excluding hydrogens is 372 g/mol. The summed E-state index contributed by atoms with van der Waals surface area (Å²) < 4.78 is 19.0. The molecule has 0 aliphatic heterocycles. The van der Waals surface area contributed by atoms with Crippen LogP contribution in [0.25, 0.3) is 0 Å². The van der Waals surface area contributed by atoms with E-state index in [9.17, 15) is 9.18 Å². The first-order valence-electron chi connectivity index (χ1n) is 6.09. The summed E-state index contributed by atoms with van der Waals surface area (Å²) in [7, 11) is 0. The minimum atomic E-state index is -0.325. The molecule has 0 aliphatic carbocycles. The van der Waals surface area contributed by atoms with Crippen molar-refractivity contribution in [2.75, 3.05) is 11.9 Å². The zero-order chi connectivity index (χ0) is 14.5. The van der Waals surface area contributed by atoms with E-state index in [1.54, 1.807) is 30.3 Å². The highest BCUT2D eigenvalue weighted by atomic mass is 127. The van der Waals surface area contributed by atoms with Crippen LogP contribution >= 0.6 is 22.6 Å². The van der Waals surface area contributed by atoms with Crippen LogP contribution < -0.4 is 10.1 Å². The van der Waals surface area contributed by atoms with Gasteiger partial charge in [-0.25, -0.2) is 4.39 Å². The molecule has 0 saturated carbocycles. The summed E-state index contributed by atoms with van der Waals surface area (Å²) in [6.45, 7) is 2.48. The number of hydrogen-bond donors (Lipinski definition) is 1. The second-order valence-corrected chi connectivity index (χ2v) is 5.20. The Morgan fingerprint density at radius 2 is 1.95 bits per heavy atom. The van der Waals surface area contributed by atoms with Crippen LogP contribution in [0.4, 0.5) is 10.1 Å². The van der Waals surface area contributed by atoms with Gasteiger partial charge in [0.15, 0.2) is 0 Å². The minimum Gasteiger partial charge on any atom is -0.494 e. The molecule has 2 rings (SSSR count). The second kappa shape index (κ2) is 6.69. The van der Waals surface area contributed by atoms with E-state index in [4.69, 9.17) is 4.74 Å². The monoisotopic (exact) mass is 385 g/mol. The fourth-order valence-electron chi connectivity index (χ4n) is 1.65. The smallest absolute Gasteiger partial charge is 0.255 e. The third kappa shape index (κ3) is 3.69. The van der Waals surface area contributed by atoms with Gasteiger partial charge in [0.2, 0.25) is 0 Å². The molecule has 0 heterocycles. The Balaban J connectivity index is 2.11. The summed E-state index contributed by atoms with van der Waals surface area (Å²) in [5, 5.41) is 2.75. The lowest BCUT2D eigenvalue weighted by Crippen LogP contribution is -2.12. The highest BCUT2D eigenvalue weighted by Crippen LogP contribution is 2.20. The molecule has 1 N–H and O–H groups in total. The number of halogens is 2. The number of nitrogens with one attached hydrogen (secondary N) is 1. The van der Waals surface area contributed by atoms with Gasteiger partial charge in [-0.05, 0) is 72.0 Å². The van der Waals surface area contributed by atoms with E-state index in [-0.39, 0.29) is 11.7 Å². The van der Waals surface area contributed by atoms with Crippen molar-refractivity contribution < 1.29 is 13.9 Å². The quantitative estimate of drug-likeness (QED) is 0.806. The van der Waals surface area contributed by atoms with Crippen LogP contribution in [0.3, 0.4) is 0 Å². The lowest BCUT2D eigenvalue weighted by atomic mass is 10.2. The van der Waals surface area contributed by atoms with Crippen LogP contribution in [0.2, 0.25) is 0 Å². The fraction of sp³-hybridized carbons (Fsp3) is 0.133. The molecule has 0 saturated heterocycles. The van der Waals surface area contributed by atoms with E-state index < -0.39 is 0 Å². The van der Waals surface area contributed by atoms with Crippen LogP contribution in [0.5, 0.6) is 5.75 Å². The Labute approximate surface area is 130 Å². The maximum atomic E-state index is 13.0. The molecule has 0 unspecified atom stereocenters. The Morgan fingerprint density at radius 1 is 1.25 bits per heavy atom. The third-order valence-electron chi connectivity index (χ3n) is 2.61. The van der Waals surface area contributed by atoms with Gasteiger partial charge in [0, 0.05) is 9.13 Å². The van der Waals surface area contributed by atoms with Crippen molar-refractivity contribution in [2.45, 2.75) is 6.92 Å². The van der Waals surface area contributed by atoms with Crippen LogP contribution in [0, 0.1) is 9.39 Å². The summed E-state index contributed by atoms with van der Waals surface area (Å²) in [6.07, 6.45) is 0. The molecule has 0 atom stereocenters. The van der Waals surface area contributed by atoms with Crippen LogP contribution in [-0.4, -0.2) is 12.5 Å². The van der Waals surface area contributed by atoms with Crippen molar-refractivity contribution in [2.24, 2.45) is 0 Å². The molecule has 3 nitrogen and oxygen atoms in total. The minimum absolute atomic E-state index is 0.238. The van der Waals surface area contributed by atoms with E-state index >= 15 is 0 Å². The second-order valence-electron chi connectivity index (χ2n) is 4.04. The van der Waals surface area contributed by atoms with E-state index in [1.165, 1.54) is 12.1 Å². The number of amides is 1. The summed E-state index contributed by atoms with van der Waals surface area (Å²) in [4.78, 5) is 12.1. The largest absolute Gasteiger partial charge is 0.494 e. The van der Waals surface area contributed by atoms with Crippen molar-refractivity contribution in [3.8, 4) is 5.75 Å². The van der Waals surface area contributed by atoms with Crippen molar-refractivity contribution in [3.05, 3.63) is 57.4 Å². The molecule has 0 spiro atoms. The fourth-order valence-corrected chi connectivity index (χ4v) is 2.27. The summed E-state index contributed by atoms with van der Waals surface area (Å²) in [5.74, 6) is 0.159. The molecule has 0 aliphatic rings. The van der Waals surface area contributed by atoms with E-state index in [2.05, 4.69) is 5.32 Å². The molecular formula is C15H13FINO2. The Morgan fingerprint density at radius 3 is 2.55 bits per heavy atom. The Hall–Kier alpha value is -1.63. The van der Waals surface area contributed by atoms with Crippen molar-refractivity contribution >= 4 is 34.2 Å². The van der Waals surface area contributed by atoms with Crippen molar-refractivity contribution in [1.82, 2.24) is 0 Å². The molecule has 0 radical (unpaired) electrons.